The number of ether oxygens (including phenoxy) is 1. The van der Waals surface area contributed by atoms with Crippen LogP contribution in [-0.2, 0) is 11.3 Å². The van der Waals surface area contributed by atoms with E-state index in [4.69, 9.17) is 4.74 Å². The summed E-state index contributed by atoms with van der Waals surface area (Å²) in [6.07, 6.45) is 1.88. The number of para-hydroxylation sites is 1. The Hall–Kier alpha value is -2.40. The molecule has 0 unspecified atom stereocenters. The molecule has 0 radical (unpaired) electrons. The minimum absolute atomic E-state index is 0.0312. The fourth-order valence-corrected chi connectivity index (χ4v) is 3.69. The van der Waals surface area contributed by atoms with Crippen LogP contribution in [0.4, 0.5) is 4.39 Å². The van der Waals surface area contributed by atoms with Crippen LogP contribution in [0.25, 0.3) is 0 Å². The van der Waals surface area contributed by atoms with E-state index in [0.29, 0.717) is 0 Å². The van der Waals surface area contributed by atoms with Crippen LogP contribution in [0.2, 0.25) is 0 Å². The van der Waals surface area contributed by atoms with Crippen molar-refractivity contribution >= 4 is 5.91 Å². The van der Waals surface area contributed by atoms with Crippen molar-refractivity contribution in [2.75, 3.05) is 20.2 Å². The molecule has 144 valence electrons. The molecule has 4 nitrogen and oxygen atoms in total. The highest BCUT2D eigenvalue weighted by molar-refractivity contribution is 5.79. The molecule has 2 atom stereocenters. The average molecular weight is 370 g/mol. The van der Waals surface area contributed by atoms with Gasteiger partial charge in [-0.25, -0.2) is 4.39 Å². The molecule has 1 aliphatic rings. The number of carbonyl (C=O) groups is 1. The Morgan fingerprint density at radius 1 is 1.26 bits per heavy atom. The Labute approximate surface area is 160 Å². The van der Waals surface area contributed by atoms with E-state index < -0.39 is 0 Å². The van der Waals surface area contributed by atoms with Crippen molar-refractivity contribution in [2.45, 2.75) is 32.4 Å². The largest absolute Gasteiger partial charge is 0.496 e. The number of hydrogen-bond donors (Lipinski definition) is 1. The number of hydrogen-bond acceptors (Lipinski definition) is 3. The first-order chi connectivity index (χ1) is 13.1. The number of piperidine rings is 1. The normalized spacial score (nSPS) is 18.7. The monoisotopic (exact) mass is 370 g/mol. The Morgan fingerprint density at radius 3 is 2.74 bits per heavy atom. The van der Waals surface area contributed by atoms with Crippen molar-refractivity contribution in [3.8, 4) is 5.75 Å². The van der Waals surface area contributed by atoms with Crippen molar-refractivity contribution in [1.82, 2.24) is 10.2 Å². The molecule has 27 heavy (non-hydrogen) atoms. The first-order valence-corrected chi connectivity index (χ1v) is 9.47. The maximum absolute atomic E-state index is 13.1. The van der Waals surface area contributed by atoms with Crippen molar-refractivity contribution in [2.24, 2.45) is 5.92 Å². The highest BCUT2D eigenvalue weighted by atomic mass is 19.1. The molecule has 0 spiro atoms. The number of carbonyl (C=O) groups excluding carboxylic acids is 1. The summed E-state index contributed by atoms with van der Waals surface area (Å²) in [5.41, 5.74) is 2.05. The number of halogens is 1. The Kier molecular flexibility index (Phi) is 6.45. The summed E-state index contributed by atoms with van der Waals surface area (Å²) in [6.45, 7) is 4.41. The molecule has 0 aromatic heterocycles. The van der Waals surface area contributed by atoms with Gasteiger partial charge in [0, 0.05) is 18.7 Å². The second-order valence-corrected chi connectivity index (χ2v) is 7.17. The fourth-order valence-electron chi connectivity index (χ4n) is 3.69. The predicted molar refractivity (Wildman–Crippen MR) is 104 cm³/mol. The maximum atomic E-state index is 13.1. The number of rotatable bonds is 6. The molecular weight excluding hydrogens is 343 g/mol. The lowest BCUT2D eigenvalue weighted by Crippen LogP contribution is -2.43. The average Bonchev–Trinajstić information content (AvgIpc) is 2.70. The number of methoxy groups -OCH3 is 1. The van der Waals surface area contributed by atoms with Gasteiger partial charge in [-0.1, -0.05) is 30.3 Å². The summed E-state index contributed by atoms with van der Waals surface area (Å²) in [5, 5.41) is 3.14. The van der Waals surface area contributed by atoms with E-state index in [1.165, 1.54) is 12.1 Å². The Balaban J connectivity index is 1.58. The zero-order chi connectivity index (χ0) is 19.2. The lowest BCUT2D eigenvalue weighted by molar-refractivity contribution is -0.127. The molecule has 1 saturated heterocycles. The molecule has 1 aliphatic heterocycles. The standard InChI is InChI=1S/C22H27FN2O2/c1-16(20-7-3-4-8-21(20)27-2)24-22(26)18-6-5-13-25(15-18)14-17-9-11-19(23)12-10-17/h3-4,7-12,16,18H,5-6,13-15H2,1-2H3,(H,24,26)/t16-,18+/m0/s1. The second kappa shape index (κ2) is 9.00. The molecule has 0 bridgehead atoms. The summed E-state index contributed by atoms with van der Waals surface area (Å²) in [6, 6.07) is 14.2. The van der Waals surface area contributed by atoms with Crippen molar-refractivity contribution < 1.29 is 13.9 Å². The molecule has 0 aliphatic carbocycles. The van der Waals surface area contributed by atoms with Gasteiger partial charge in [-0.3, -0.25) is 9.69 Å². The third-order valence-corrected chi connectivity index (χ3v) is 5.16. The minimum Gasteiger partial charge on any atom is -0.496 e. The molecule has 1 N–H and O–H groups in total. The highest BCUT2D eigenvalue weighted by Crippen LogP contribution is 2.26. The number of likely N-dealkylation sites (tertiary alicyclic amines) is 1. The minimum atomic E-state index is -0.222. The van der Waals surface area contributed by atoms with Gasteiger partial charge in [0.25, 0.3) is 0 Å². The van der Waals surface area contributed by atoms with E-state index in [-0.39, 0.29) is 23.7 Å². The van der Waals surface area contributed by atoms with Crippen LogP contribution in [-0.4, -0.2) is 31.0 Å². The van der Waals surface area contributed by atoms with Gasteiger partial charge in [0.05, 0.1) is 19.1 Å². The SMILES string of the molecule is COc1ccccc1[C@H](C)NC(=O)[C@@H]1CCCN(Cc2ccc(F)cc2)C1. The van der Waals surface area contributed by atoms with Crippen LogP contribution in [0.1, 0.15) is 36.9 Å². The van der Waals surface area contributed by atoms with Crippen LogP contribution in [0.15, 0.2) is 48.5 Å². The summed E-state index contributed by atoms with van der Waals surface area (Å²) in [7, 11) is 1.64. The van der Waals surface area contributed by atoms with E-state index in [1.807, 2.05) is 43.3 Å². The quantitative estimate of drug-likeness (QED) is 0.838. The van der Waals surface area contributed by atoms with Gasteiger partial charge < -0.3 is 10.1 Å². The molecule has 0 saturated carbocycles. The van der Waals surface area contributed by atoms with Crippen molar-refractivity contribution in [3.63, 3.8) is 0 Å². The van der Waals surface area contributed by atoms with Gasteiger partial charge in [0.1, 0.15) is 11.6 Å². The predicted octanol–water partition coefficient (Wildman–Crippen LogP) is 3.92. The van der Waals surface area contributed by atoms with E-state index in [2.05, 4.69) is 10.2 Å². The Bertz CT molecular complexity index is 763. The molecule has 1 fully saturated rings. The third-order valence-electron chi connectivity index (χ3n) is 5.16. The lowest BCUT2D eigenvalue weighted by Gasteiger charge is -2.32. The van der Waals surface area contributed by atoms with E-state index in [9.17, 15) is 9.18 Å². The number of nitrogens with zero attached hydrogens (tertiary/aromatic N) is 1. The summed E-state index contributed by atoms with van der Waals surface area (Å²) >= 11 is 0. The van der Waals surface area contributed by atoms with Gasteiger partial charge in [0.15, 0.2) is 0 Å². The van der Waals surface area contributed by atoms with Crippen LogP contribution >= 0.6 is 0 Å². The molecule has 2 aromatic carbocycles. The smallest absolute Gasteiger partial charge is 0.224 e. The topological polar surface area (TPSA) is 41.6 Å². The fraction of sp³-hybridized carbons (Fsp3) is 0.409. The first-order valence-electron chi connectivity index (χ1n) is 9.47. The van der Waals surface area contributed by atoms with Crippen molar-refractivity contribution in [1.29, 1.82) is 0 Å². The van der Waals surface area contributed by atoms with Crippen LogP contribution < -0.4 is 10.1 Å². The summed E-state index contributed by atoms with van der Waals surface area (Å²) in [5.74, 6) is 0.612. The van der Waals surface area contributed by atoms with Gasteiger partial charge in [-0.05, 0) is 50.1 Å². The first kappa shape index (κ1) is 19.4. The molecule has 1 amide bonds. The number of benzene rings is 2. The number of amides is 1. The molecular formula is C22H27FN2O2. The van der Waals surface area contributed by atoms with E-state index in [1.54, 1.807) is 7.11 Å². The molecule has 3 rings (SSSR count). The molecule has 1 heterocycles. The van der Waals surface area contributed by atoms with Crippen LogP contribution in [0, 0.1) is 11.7 Å². The van der Waals surface area contributed by atoms with Crippen molar-refractivity contribution in [3.05, 3.63) is 65.5 Å². The van der Waals surface area contributed by atoms with Gasteiger partial charge in [-0.2, -0.15) is 0 Å². The van der Waals surface area contributed by atoms with Crippen LogP contribution in [0.3, 0.4) is 0 Å². The molecule has 2 aromatic rings. The van der Waals surface area contributed by atoms with Gasteiger partial charge >= 0.3 is 0 Å². The second-order valence-electron chi connectivity index (χ2n) is 7.17. The zero-order valence-electron chi connectivity index (χ0n) is 16.0. The maximum Gasteiger partial charge on any atom is 0.224 e. The summed E-state index contributed by atoms with van der Waals surface area (Å²) in [4.78, 5) is 15.1. The van der Waals surface area contributed by atoms with Gasteiger partial charge in [-0.15, -0.1) is 0 Å². The van der Waals surface area contributed by atoms with E-state index in [0.717, 1.165) is 49.4 Å². The van der Waals surface area contributed by atoms with Crippen LogP contribution in [0.5, 0.6) is 5.75 Å². The lowest BCUT2D eigenvalue weighted by atomic mass is 9.95. The number of nitrogens with one attached hydrogen (secondary N) is 1. The van der Waals surface area contributed by atoms with E-state index >= 15 is 0 Å². The van der Waals surface area contributed by atoms with Gasteiger partial charge in [0.2, 0.25) is 5.91 Å². The molecule has 5 heteroatoms. The zero-order valence-corrected chi connectivity index (χ0v) is 16.0. The third kappa shape index (κ3) is 5.07. The highest BCUT2D eigenvalue weighted by Gasteiger charge is 2.27. The summed E-state index contributed by atoms with van der Waals surface area (Å²) < 4.78 is 18.5. The Morgan fingerprint density at radius 2 is 2.00 bits per heavy atom.